The smallest absolute Gasteiger partial charge is 0.159 e. The van der Waals surface area contributed by atoms with Gasteiger partial charge in [-0.25, -0.2) is 9.97 Å². The third kappa shape index (κ3) is 3.02. The summed E-state index contributed by atoms with van der Waals surface area (Å²) in [5, 5.41) is 1.35. The van der Waals surface area contributed by atoms with Crippen LogP contribution in [-0.2, 0) is 19.5 Å². The topological polar surface area (TPSA) is 29.0 Å². The summed E-state index contributed by atoms with van der Waals surface area (Å²) in [6, 6.07) is 21.2. The molecule has 0 aliphatic carbocycles. The standard InChI is InChI=1S/C22H19N3S/c1-2-6-16(7-3-1)22-23-13-18-10-11-25(15-20(18)24-22)14-19-12-17-8-4-5-9-21(17)26-19/h1-9,12-13H,10-11,14-15H2. The maximum atomic E-state index is 4.87. The minimum atomic E-state index is 0.827. The molecule has 0 radical (unpaired) electrons. The van der Waals surface area contributed by atoms with Gasteiger partial charge in [0.1, 0.15) is 0 Å². The summed E-state index contributed by atoms with van der Waals surface area (Å²) in [4.78, 5) is 13.4. The Kier molecular flexibility index (Phi) is 4.00. The largest absolute Gasteiger partial charge is 0.292 e. The number of fused-ring (bicyclic) bond motifs is 2. The second-order valence-corrected chi connectivity index (χ2v) is 7.91. The second kappa shape index (κ2) is 6.63. The lowest BCUT2D eigenvalue weighted by molar-refractivity contribution is 0.243. The Bertz CT molecular complexity index is 1020. The molecule has 1 aliphatic heterocycles. The van der Waals surface area contributed by atoms with Gasteiger partial charge in [-0.1, -0.05) is 48.5 Å². The maximum Gasteiger partial charge on any atom is 0.159 e. The Morgan fingerprint density at radius 3 is 2.73 bits per heavy atom. The zero-order valence-electron chi connectivity index (χ0n) is 14.4. The summed E-state index contributed by atoms with van der Waals surface area (Å²) in [5.74, 6) is 0.827. The predicted octanol–water partition coefficient (Wildman–Crippen LogP) is 4.92. The van der Waals surface area contributed by atoms with E-state index in [1.165, 1.54) is 26.2 Å². The van der Waals surface area contributed by atoms with Crippen LogP contribution in [0.15, 0.2) is 66.9 Å². The summed E-state index contributed by atoms with van der Waals surface area (Å²) in [6.07, 6.45) is 3.04. The van der Waals surface area contributed by atoms with E-state index in [4.69, 9.17) is 4.98 Å². The minimum absolute atomic E-state index is 0.827. The van der Waals surface area contributed by atoms with E-state index in [0.717, 1.165) is 37.4 Å². The second-order valence-electron chi connectivity index (χ2n) is 6.74. The molecule has 0 N–H and O–H groups in total. The number of aromatic nitrogens is 2. The molecule has 4 aromatic rings. The Morgan fingerprint density at radius 2 is 1.85 bits per heavy atom. The van der Waals surface area contributed by atoms with E-state index in [0.29, 0.717) is 0 Å². The van der Waals surface area contributed by atoms with E-state index in [9.17, 15) is 0 Å². The molecular weight excluding hydrogens is 338 g/mol. The fourth-order valence-electron chi connectivity index (χ4n) is 3.55. The van der Waals surface area contributed by atoms with Crippen LogP contribution in [0.1, 0.15) is 16.1 Å². The van der Waals surface area contributed by atoms with Crippen molar-refractivity contribution in [1.29, 1.82) is 0 Å². The highest BCUT2D eigenvalue weighted by Crippen LogP contribution is 2.28. The molecule has 2 aromatic carbocycles. The lowest BCUT2D eigenvalue weighted by Crippen LogP contribution is -2.30. The molecule has 0 saturated carbocycles. The van der Waals surface area contributed by atoms with Crippen LogP contribution < -0.4 is 0 Å². The van der Waals surface area contributed by atoms with Crippen LogP contribution in [0.3, 0.4) is 0 Å². The molecule has 4 heteroatoms. The number of nitrogens with zero attached hydrogens (tertiary/aromatic N) is 3. The molecule has 26 heavy (non-hydrogen) atoms. The first-order valence-corrected chi connectivity index (χ1v) is 9.77. The van der Waals surface area contributed by atoms with Crippen molar-refractivity contribution < 1.29 is 0 Å². The van der Waals surface area contributed by atoms with Gasteiger partial charge in [0.2, 0.25) is 0 Å². The van der Waals surface area contributed by atoms with Crippen LogP contribution in [0.4, 0.5) is 0 Å². The highest BCUT2D eigenvalue weighted by Gasteiger charge is 2.19. The maximum absolute atomic E-state index is 4.87. The fraction of sp³-hybridized carbons (Fsp3) is 0.182. The van der Waals surface area contributed by atoms with Gasteiger partial charge in [0.25, 0.3) is 0 Å². The van der Waals surface area contributed by atoms with Gasteiger partial charge in [0.05, 0.1) is 5.69 Å². The fourth-order valence-corrected chi connectivity index (χ4v) is 4.66. The van der Waals surface area contributed by atoms with E-state index in [1.807, 2.05) is 35.7 Å². The molecule has 5 rings (SSSR count). The Morgan fingerprint density at radius 1 is 1.00 bits per heavy atom. The molecule has 0 atom stereocenters. The zero-order chi connectivity index (χ0) is 17.3. The van der Waals surface area contributed by atoms with Crippen LogP contribution >= 0.6 is 11.3 Å². The molecule has 3 nitrogen and oxygen atoms in total. The molecule has 2 aromatic heterocycles. The first-order chi connectivity index (χ1) is 12.8. The van der Waals surface area contributed by atoms with Crippen molar-refractivity contribution in [2.24, 2.45) is 0 Å². The van der Waals surface area contributed by atoms with E-state index in [2.05, 4.69) is 52.3 Å². The van der Waals surface area contributed by atoms with Crippen molar-refractivity contribution in [3.63, 3.8) is 0 Å². The Balaban J connectivity index is 1.38. The lowest BCUT2D eigenvalue weighted by Gasteiger charge is -2.27. The van der Waals surface area contributed by atoms with Gasteiger partial charge in [-0.3, -0.25) is 4.90 Å². The van der Waals surface area contributed by atoms with Gasteiger partial charge in [-0.05, 0) is 29.5 Å². The van der Waals surface area contributed by atoms with Crippen LogP contribution in [0.5, 0.6) is 0 Å². The summed E-state index contributed by atoms with van der Waals surface area (Å²) < 4.78 is 1.37. The molecular formula is C22H19N3S. The SMILES string of the molecule is c1ccc(-c2ncc3c(n2)CN(Cc2cc4ccccc4s2)CC3)cc1. The van der Waals surface area contributed by atoms with Crippen molar-refractivity contribution in [1.82, 2.24) is 14.9 Å². The van der Waals surface area contributed by atoms with Crippen LogP contribution in [0, 0.1) is 0 Å². The molecule has 0 spiro atoms. The molecule has 128 valence electrons. The van der Waals surface area contributed by atoms with Crippen LogP contribution in [0.25, 0.3) is 21.5 Å². The van der Waals surface area contributed by atoms with Crippen LogP contribution in [0.2, 0.25) is 0 Å². The Labute approximate surface area is 157 Å². The highest BCUT2D eigenvalue weighted by molar-refractivity contribution is 7.19. The van der Waals surface area contributed by atoms with E-state index in [1.54, 1.807) is 0 Å². The van der Waals surface area contributed by atoms with Gasteiger partial charge in [-0.15, -0.1) is 11.3 Å². The first kappa shape index (κ1) is 15.7. The normalized spacial score (nSPS) is 14.5. The Hall–Kier alpha value is -2.56. The quantitative estimate of drug-likeness (QED) is 0.521. The summed E-state index contributed by atoms with van der Waals surface area (Å²) in [7, 11) is 0. The number of rotatable bonds is 3. The van der Waals surface area contributed by atoms with Crippen molar-refractivity contribution in [2.45, 2.75) is 19.5 Å². The molecule has 1 aliphatic rings. The van der Waals surface area contributed by atoms with Gasteiger partial charge < -0.3 is 0 Å². The van der Waals surface area contributed by atoms with Crippen molar-refractivity contribution in [3.05, 3.63) is 83.0 Å². The van der Waals surface area contributed by atoms with Gasteiger partial charge in [-0.2, -0.15) is 0 Å². The molecule has 3 heterocycles. The predicted molar refractivity (Wildman–Crippen MR) is 107 cm³/mol. The third-order valence-electron chi connectivity index (χ3n) is 4.91. The number of hydrogen-bond donors (Lipinski definition) is 0. The zero-order valence-corrected chi connectivity index (χ0v) is 15.2. The van der Waals surface area contributed by atoms with E-state index in [-0.39, 0.29) is 0 Å². The summed E-state index contributed by atoms with van der Waals surface area (Å²) in [6.45, 7) is 2.95. The first-order valence-electron chi connectivity index (χ1n) is 8.95. The molecule has 0 bridgehead atoms. The van der Waals surface area contributed by atoms with E-state index >= 15 is 0 Å². The van der Waals surface area contributed by atoms with Crippen molar-refractivity contribution in [3.8, 4) is 11.4 Å². The lowest BCUT2D eigenvalue weighted by atomic mass is 10.1. The molecule has 0 saturated heterocycles. The summed E-state index contributed by atoms with van der Waals surface area (Å²) in [5.41, 5.74) is 3.54. The molecule has 0 fully saturated rings. The monoisotopic (exact) mass is 357 g/mol. The average molecular weight is 357 g/mol. The van der Waals surface area contributed by atoms with Gasteiger partial charge in [0.15, 0.2) is 5.82 Å². The van der Waals surface area contributed by atoms with E-state index < -0.39 is 0 Å². The minimum Gasteiger partial charge on any atom is -0.292 e. The average Bonchev–Trinajstić information content (AvgIpc) is 3.10. The number of thiophene rings is 1. The highest BCUT2D eigenvalue weighted by atomic mass is 32.1. The third-order valence-corrected chi connectivity index (χ3v) is 6.01. The van der Waals surface area contributed by atoms with Crippen LogP contribution in [-0.4, -0.2) is 21.4 Å². The number of hydrogen-bond acceptors (Lipinski definition) is 4. The van der Waals surface area contributed by atoms with Gasteiger partial charge >= 0.3 is 0 Å². The van der Waals surface area contributed by atoms with Gasteiger partial charge in [0, 0.05) is 41.0 Å². The van der Waals surface area contributed by atoms with Crippen molar-refractivity contribution >= 4 is 21.4 Å². The molecule has 0 amide bonds. The summed E-state index contributed by atoms with van der Waals surface area (Å²) >= 11 is 1.90. The molecule has 0 unspecified atom stereocenters. The van der Waals surface area contributed by atoms with Crippen molar-refractivity contribution in [2.75, 3.05) is 6.54 Å². The number of benzene rings is 2.